The van der Waals surface area contributed by atoms with E-state index < -0.39 is 0 Å². The van der Waals surface area contributed by atoms with Crippen LogP contribution in [-0.4, -0.2) is 10.1 Å². The topological polar surface area (TPSA) is 64.9 Å². The van der Waals surface area contributed by atoms with Gasteiger partial charge in [-0.15, -0.1) is 0 Å². The van der Waals surface area contributed by atoms with E-state index in [0.717, 1.165) is 0 Å². The average molecular weight is 258 g/mol. The van der Waals surface area contributed by atoms with Crippen LogP contribution in [0.2, 0.25) is 10.0 Å². The summed E-state index contributed by atoms with van der Waals surface area (Å²) in [5.74, 6) is 0.787. The molecule has 1 aromatic heterocycles. The Hall–Kier alpha value is -1.10. The molecule has 1 atom stereocenters. The van der Waals surface area contributed by atoms with Crippen LogP contribution in [0, 0.1) is 0 Å². The molecule has 0 radical (unpaired) electrons. The lowest BCUT2D eigenvalue weighted by molar-refractivity contribution is 0.362. The van der Waals surface area contributed by atoms with Crippen molar-refractivity contribution in [3.8, 4) is 11.4 Å². The second kappa shape index (κ2) is 4.41. The summed E-state index contributed by atoms with van der Waals surface area (Å²) in [4.78, 5) is 4.14. The van der Waals surface area contributed by atoms with Crippen LogP contribution in [0.25, 0.3) is 11.4 Å². The maximum atomic E-state index is 6.02. The molecule has 0 saturated carbocycles. The van der Waals surface area contributed by atoms with Crippen molar-refractivity contribution < 1.29 is 4.52 Å². The van der Waals surface area contributed by atoms with Crippen LogP contribution >= 0.6 is 23.2 Å². The van der Waals surface area contributed by atoms with Crippen molar-refractivity contribution in [2.75, 3.05) is 0 Å². The van der Waals surface area contributed by atoms with Crippen LogP contribution in [-0.2, 0) is 0 Å². The largest absolute Gasteiger partial charge is 0.337 e. The zero-order valence-electron chi connectivity index (χ0n) is 8.45. The summed E-state index contributed by atoms with van der Waals surface area (Å²) in [5, 5.41) is 4.84. The Morgan fingerprint density at radius 1 is 1.38 bits per heavy atom. The van der Waals surface area contributed by atoms with Gasteiger partial charge in [0.25, 0.3) is 0 Å². The molecule has 16 heavy (non-hydrogen) atoms. The SMILES string of the molecule is CC(N)c1nc(-c2ccc(Cl)cc2Cl)no1. The summed E-state index contributed by atoms with van der Waals surface area (Å²) >= 11 is 11.8. The van der Waals surface area contributed by atoms with Crippen LogP contribution in [0.4, 0.5) is 0 Å². The summed E-state index contributed by atoms with van der Waals surface area (Å²) in [6.07, 6.45) is 0. The van der Waals surface area contributed by atoms with Crippen LogP contribution in [0.1, 0.15) is 18.9 Å². The quantitative estimate of drug-likeness (QED) is 0.898. The molecule has 0 spiro atoms. The van der Waals surface area contributed by atoms with Gasteiger partial charge < -0.3 is 10.3 Å². The molecule has 1 heterocycles. The van der Waals surface area contributed by atoms with Gasteiger partial charge in [-0.3, -0.25) is 0 Å². The minimum Gasteiger partial charge on any atom is -0.337 e. The number of halogens is 2. The molecule has 0 aliphatic carbocycles. The summed E-state index contributed by atoms with van der Waals surface area (Å²) in [5.41, 5.74) is 6.29. The Labute approximate surface area is 102 Å². The standard InChI is InChI=1S/C10H9Cl2N3O/c1-5(13)10-14-9(15-16-10)7-3-2-6(11)4-8(7)12/h2-5H,13H2,1H3. The molecule has 0 aliphatic rings. The summed E-state index contributed by atoms with van der Waals surface area (Å²) < 4.78 is 4.99. The molecule has 2 N–H and O–H groups in total. The second-order valence-corrected chi connectivity index (χ2v) is 4.21. The number of rotatable bonds is 2. The number of aromatic nitrogens is 2. The van der Waals surface area contributed by atoms with Crippen LogP contribution in [0.3, 0.4) is 0 Å². The van der Waals surface area contributed by atoms with Gasteiger partial charge in [-0.1, -0.05) is 28.4 Å². The molecule has 0 aliphatic heterocycles. The molecule has 2 aromatic rings. The van der Waals surface area contributed by atoms with Crippen LogP contribution < -0.4 is 5.73 Å². The van der Waals surface area contributed by atoms with Crippen LogP contribution in [0.5, 0.6) is 0 Å². The van der Waals surface area contributed by atoms with Gasteiger partial charge in [-0.05, 0) is 25.1 Å². The lowest BCUT2D eigenvalue weighted by Gasteiger charge is -1.98. The Bertz CT molecular complexity index is 511. The first-order chi connectivity index (χ1) is 7.58. The van der Waals surface area contributed by atoms with Gasteiger partial charge in [0.05, 0.1) is 11.1 Å². The van der Waals surface area contributed by atoms with Crippen molar-refractivity contribution in [3.05, 3.63) is 34.1 Å². The minimum atomic E-state index is -0.299. The van der Waals surface area contributed by atoms with Gasteiger partial charge in [-0.2, -0.15) is 4.98 Å². The second-order valence-electron chi connectivity index (χ2n) is 3.37. The maximum Gasteiger partial charge on any atom is 0.243 e. The van der Waals surface area contributed by atoms with Crippen molar-refractivity contribution in [3.63, 3.8) is 0 Å². The third-order valence-electron chi connectivity index (χ3n) is 2.00. The van der Waals surface area contributed by atoms with Crippen molar-refractivity contribution in [1.29, 1.82) is 0 Å². The molecule has 1 aromatic carbocycles. The van der Waals surface area contributed by atoms with Crippen molar-refractivity contribution in [1.82, 2.24) is 10.1 Å². The van der Waals surface area contributed by atoms with E-state index in [4.69, 9.17) is 33.5 Å². The van der Waals surface area contributed by atoms with Gasteiger partial charge in [-0.25, -0.2) is 0 Å². The Kier molecular flexibility index (Phi) is 3.14. The first kappa shape index (κ1) is 11.4. The molecule has 4 nitrogen and oxygen atoms in total. The Morgan fingerprint density at radius 2 is 2.12 bits per heavy atom. The van der Waals surface area contributed by atoms with E-state index in [1.165, 1.54) is 0 Å². The van der Waals surface area contributed by atoms with Crippen molar-refractivity contribution in [2.45, 2.75) is 13.0 Å². The zero-order valence-corrected chi connectivity index (χ0v) is 9.96. The normalized spacial score (nSPS) is 12.8. The highest BCUT2D eigenvalue weighted by atomic mass is 35.5. The average Bonchev–Trinajstić information content (AvgIpc) is 2.66. The van der Waals surface area contributed by atoms with E-state index in [0.29, 0.717) is 27.3 Å². The number of hydrogen-bond donors (Lipinski definition) is 1. The Balaban J connectivity index is 2.42. The van der Waals surface area contributed by atoms with Crippen molar-refractivity contribution >= 4 is 23.2 Å². The predicted octanol–water partition coefficient (Wildman–Crippen LogP) is 3.06. The van der Waals surface area contributed by atoms with Gasteiger partial charge in [0.2, 0.25) is 11.7 Å². The highest BCUT2D eigenvalue weighted by molar-refractivity contribution is 6.36. The third kappa shape index (κ3) is 2.19. The van der Waals surface area contributed by atoms with Crippen molar-refractivity contribution in [2.24, 2.45) is 5.73 Å². The number of hydrogen-bond acceptors (Lipinski definition) is 4. The third-order valence-corrected chi connectivity index (χ3v) is 2.55. The fourth-order valence-electron chi connectivity index (χ4n) is 1.20. The molecule has 0 fully saturated rings. The van der Waals surface area contributed by atoms with E-state index >= 15 is 0 Å². The summed E-state index contributed by atoms with van der Waals surface area (Å²) in [7, 11) is 0. The fourth-order valence-corrected chi connectivity index (χ4v) is 1.69. The molecule has 84 valence electrons. The number of nitrogens with zero attached hydrogens (tertiary/aromatic N) is 2. The maximum absolute atomic E-state index is 6.02. The van der Waals surface area contributed by atoms with Crippen LogP contribution in [0.15, 0.2) is 22.7 Å². The first-order valence-electron chi connectivity index (χ1n) is 4.62. The lowest BCUT2D eigenvalue weighted by Crippen LogP contribution is -2.04. The first-order valence-corrected chi connectivity index (χ1v) is 5.38. The molecule has 0 amide bonds. The van der Waals surface area contributed by atoms with Gasteiger partial charge >= 0.3 is 0 Å². The zero-order chi connectivity index (χ0) is 11.7. The van der Waals surface area contributed by atoms with Gasteiger partial charge in [0, 0.05) is 10.6 Å². The lowest BCUT2D eigenvalue weighted by atomic mass is 10.2. The summed E-state index contributed by atoms with van der Waals surface area (Å²) in [6, 6.07) is 4.78. The number of benzene rings is 1. The van der Waals surface area contributed by atoms with E-state index in [-0.39, 0.29) is 6.04 Å². The molecule has 0 bridgehead atoms. The van der Waals surface area contributed by atoms with E-state index in [1.807, 2.05) is 0 Å². The summed E-state index contributed by atoms with van der Waals surface area (Å²) in [6.45, 7) is 1.76. The van der Waals surface area contributed by atoms with E-state index in [2.05, 4.69) is 10.1 Å². The number of nitrogens with two attached hydrogens (primary N) is 1. The monoisotopic (exact) mass is 257 g/mol. The molecule has 6 heteroatoms. The van der Waals surface area contributed by atoms with Gasteiger partial charge in [0.15, 0.2) is 0 Å². The highest BCUT2D eigenvalue weighted by Crippen LogP contribution is 2.28. The highest BCUT2D eigenvalue weighted by Gasteiger charge is 2.14. The molecule has 1 unspecified atom stereocenters. The molecular formula is C10H9Cl2N3O. The molecule has 0 saturated heterocycles. The molecule has 2 rings (SSSR count). The minimum absolute atomic E-state index is 0.299. The Morgan fingerprint density at radius 3 is 2.69 bits per heavy atom. The fraction of sp³-hybridized carbons (Fsp3) is 0.200. The smallest absolute Gasteiger partial charge is 0.243 e. The molecular weight excluding hydrogens is 249 g/mol. The predicted molar refractivity (Wildman–Crippen MR) is 62.4 cm³/mol. The van der Waals surface area contributed by atoms with E-state index in [9.17, 15) is 0 Å². The van der Waals surface area contributed by atoms with Gasteiger partial charge in [0.1, 0.15) is 0 Å². The van der Waals surface area contributed by atoms with E-state index in [1.54, 1.807) is 25.1 Å².